The minimum atomic E-state index is -1.28. The van der Waals surface area contributed by atoms with Crippen LogP contribution in [-0.4, -0.2) is 79.9 Å². The van der Waals surface area contributed by atoms with E-state index < -0.39 is 5.60 Å². The van der Waals surface area contributed by atoms with Crippen LogP contribution >= 0.6 is 23.2 Å². The Bertz CT molecular complexity index is 1270. The van der Waals surface area contributed by atoms with E-state index in [0.717, 1.165) is 63.6 Å². The van der Waals surface area contributed by atoms with Gasteiger partial charge >= 0.3 is 0 Å². The summed E-state index contributed by atoms with van der Waals surface area (Å²) in [6, 6.07) is 9.11. The fourth-order valence-corrected chi connectivity index (χ4v) is 5.88. The van der Waals surface area contributed by atoms with Gasteiger partial charge in [-0.05, 0) is 63.9 Å². The van der Waals surface area contributed by atoms with Crippen molar-refractivity contribution in [2.75, 3.05) is 43.4 Å². The van der Waals surface area contributed by atoms with Gasteiger partial charge < -0.3 is 20.2 Å². The van der Waals surface area contributed by atoms with E-state index in [0.29, 0.717) is 17.9 Å². The van der Waals surface area contributed by atoms with Crippen LogP contribution in [0.25, 0.3) is 11.6 Å². The molecular weight excluding hydrogens is 539 g/mol. The number of likely N-dealkylation sites (tertiary alicyclic amines) is 1. The number of halogens is 2. The molecule has 2 aliphatic rings. The van der Waals surface area contributed by atoms with E-state index in [9.17, 15) is 5.11 Å². The Morgan fingerprint density at radius 3 is 2.41 bits per heavy atom. The number of hydrogen-bond acceptors (Lipinski definition) is 10. The first-order chi connectivity index (χ1) is 18.6. The van der Waals surface area contributed by atoms with Gasteiger partial charge in [0.05, 0.1) is 0 Å². The fourth-order valence-electron chi connectivity index (χ4n) is 5.51. The van der Waals surface area contributed by atoms with Gasteiger partial charge in [-0.3, -0.25) is 9.80 Å². The first-order valence-electron chi connectivity index (χ1n) is 13.5. The summed E-state index contributed by atoms with van der Waals surface area (Å²) in [4.78, 5) is 16.4. The molecule has 0 saturated carbocycles. The van der Waals surface area contributed by atoms with Crippen LogP contribution in [0.5, 0.6) is 0 Å². The lowest BCUT2D eigenvalue weighted by Gasteiger charge is -2.47. The quantitative estimate of drug-likeness (QED) is 0.424. The molecule has 0 bridgehead atoms. The van der Waals surface area contributed by atoms with Gasteiger partial charge in [-0.25, -0.2) is 9.97 Å². The Hall–Kier alpha value is -2.50. The summed E-state index contributed by atoms with van der Waals surface area (Å²) in [6.45, 7) is 11.0. The van der Waals surface area contributed by atoms with E-state index in [2.05, 4.69) is 53.9 Å². The second-order valence-corrected chi connectivity index (χ2v) is 11.7. The van der Waals surface area contributed by atoms with Crippen molar-refractivity contribution in [1.82, 2.24) is 30.0 Å². The number of nitrogens with zero attached hydrogens (tertiary/aromatic N) is 7. The molecule has 0 radical (unpaired) electrons. The van der Waals surface area contributed by atoms with Crippen molar-refractivity contribution in [3.05, 3.63) is 45.9 Å². The maximum absolute atomic E-state index is 10.1. The number of benzene rings is 1. The zero-order chi connectivity index (χ0) is 27.7. The van der Waals surface area contributed by atoms with Gasteiger partial charge in [-0.1, -0.05) is 42.3 Å². The number of rotatable bonds is 7. The topological polar surface area (TPSA) is 121 Å². The molecule has 4 heterocycles. The molecule has 39 heavy (non-hydrogen) atoms. The smallest absolute Gasteiger partial charge is 0.270 e. The number of piperazine rings is 1. The second-order valence-electron chi connectivity index (χ2n) is 10.9. The van der Waals surface area contributed by atoms with Crippen molar-refractivity contribution in [2.45, 2.75) is 64.3 Å². The zero-order valence-corrected chi connectivity index (χ0v) is 24.2. The van der Waals surface area contributed by atoms with Crippen molar-refractivity contribution >= 4 is 34.8 Å². The molecule has 2 aliphatic heterocycles. The number of nitrogens with two attached hydrogens (primary N) is 1. The summed E-state index contributed by atoms with van der Waals surface area (Å²) in [7, 11) is 0. The number of piperidine rings is 1. The molecule has 1 atom stereocenters. The average molecular weight is 576 g/mol. The molecule has 10 nitrogen and oxygen atoms in total. The molecule has 0 spiro atoms. The van der Waals surface area contributed by atoms with Crippen LogP contribution in [0.1, 0.15) is 51.5 Å². The van der Waals surface area contributed by atoms with Crippen molar-refractivity contribution in [2.24, 2.45) is 0 Å². The van der Waals surface area contributed by atoms with Gasteiger partial charge in [0.2, 0.25) is 5.89 Å². The minimum absolute atomic E-state index is 0.0663. The standard InChI is InChI=1S/C27H36Cl2N8O2/c1-4-19-16-36(24-22(29)31-21(23(30)32-24)25-33-34-26(39-25)27(2,3)38)13-14-37(19)20-9-11-35(12-10-20)15-17-5-7-18(28)8-6-17/h5-8,19-20,38H,4,9-16H2,1-3H3,(H2,30,32). The summed E-state index contributed by atoms with van der Waals surface area (Å²) in [5.41, 5.74) is 6.50. The van der Waals surface area contributed by atoms with E-state index in [1.807, 2.05) is 12.1 Å². The van der Waals surface area contributed by atoms with Gasteiger partial charge in [-0.2, -0.15) is 0 Å². The molecule has 1 aromatic carbocycles. The third-order valence-corrected chi connectivity index (χ3v) is 8.16. The van der Waals surface area contributed by atoms with E-state index in [-0.39, 0.29) is 28.4 Å². The van der Waals surface area contributed by atoms with Crippen LogP contribution < -0.4 is 10.6 Å². The van der Waals surface area contributed by atoms with Gasteiger partial charge in [0.1, 0.15) is 5.60 Å². The molecular formula is C27H36Cl2N8O2. The summed E-state index contributed by atoms with van der Waals surface area (Å²) >= 11 is 12.7. The van der Waals surface area contributed by atoms with Crippen molar-refractivity contribution in [3.8, 4) is 11.6 Å². The molecule has 210 valence electrons. The normalized spacial score (nSPS) is 20.1. The molecule has 3 aromatic rings. The lowest BCUT2D eigenvalue weighted by molar-refractivity contribution is 0.0487. The highest BCUT2D eigenvalue weighted by Gasteiger charge is 2.35. The number of hydrogen-bond donors (Lipinski definition) is 2. The van der Waals surface area contributed by atoms with Crippen LogP contribution in [0.4, 0.5) is 11.6 Å². The molecule has 5 rings (SSSR count). The second kappa shape index (κ2) is 11.5. The van der Waals surface area contributed by atoms with Crippen LogP contribution in [0.15, 0.2) is 28.7 Å². The predicted octanol–water partition coefficient (Wildman–Crippen LogP) is 4.21. The zero-order valence-electron chi connectivity index (χ0n) is 22.6. The van der Waals surface area contributed by atoms with E-state index >= 15 is 0 Å². The highest BCUT2D eigenvalue weighted by Crippen LogP contribution is 2.33. The molecule has 0 amide bonds. The Balaban J connectivity index is 1.22. The summed E-state index contributed by atoms with van der Waals surface area (Å²) < 4.78 is 5.57. The summed E-state index contributed by atoms with van der Waals surface area (Å²) in [5, 5.41) is 19.0. The third kappa shape index (κ3) is 6.30. The van der Waals surface area contributed by atoms with Crippen LogP contribution in [0, 0.1) is 0 Å². The average Bonchev–Trinajstić information content (AvgIpc) is 3.42. The van der Waals surface area contributed by atoms with Gasteiger partial charge in [0.25, 0.3) is 5.89 Å². The summed E-state index contributed by atoms with van der Waals surface area (Å²) in [5.74, 6) is 0.862. The highest BCUT2D eigenvalue weighted by molar-refractivity contribution is 6.32. The van der Waals surface area contributed by atoms with E-state index in [4.69, 9.17) is 33.4 Å². The van der Waals surface area contributed by atoms with Crippen LogP contribution in [-0.2, 0) is 12.1 Å². The Morgan fingerprint density at radius 2 is 1.77 bits per heavy atom. The molecule has 2 saturated heterocycles. The highest BCUT2D eigenvalue weighted by atomic mass is 35.5. The van der Waals surface area contributed by atoms with Crippen molar-refractivity contribution in [1.29, 1.82) is 0 Å². The third-order valence-electron chi connectivity index (χ3n) is 7.66. The number of anilines is 2. The molecule has 0 aliphatic carbocycles. The first kappa shape index (κ1) is 28.0. The maximum atomic E-state index is 10.1. The van der Waals surface area contributed by atoms with Crippen molar-refractivity contribution in [3.63, 3.8) is 0 Å². The van der Waals surface area contributed by atoms with Gasteiger partial charge in [0, 0.05) is 43.3 Å². The lowest BCUT2D eigenvalue weighted by Crippen LogP contribution is -2.58. The Morgan fingerprint density at radius 1 is 1.05 bits per heavy atom. The Labute approximate surface area is 239 Å². The Kier molecular flexibility index (Phi) is 8.30. The molecule has 12 heteroatoms. The van der Waals surface area contributed by atoms with Gasteiger partial charge in [0.15, 0.2) is 22.5 Å². The van der Waals surface area contributed by atoms with E-state index in [1.165, 1.54) is 5.56 Å². The molecule has 2 aromatic heterocycles. The maximum Gasteiger partial charge on any atom is 0.270 e. The van der Waals surface area contributed by atoms with E-state index in [1.54, 1.807) is 13.8 Å². The number of aromatic nitrogens is 4. The summed E-state index contributed by atoms with van der Waals surface area (Å²) in [6.07, 6.45) is 3.34. The molecule has 3 N–H and O–H groups in total. The molecule has 1 unspecified atom stereocenters. The van der Waals surface area contributed by atoms with Crippen molar-refractivity contribution < 1.29 is 9.52 Å². The van der Waals surface area contributed by atoms with Crippen LogP contribution in [0.2, 0.25) is 10.2 Å². The molecule has 2 fully saturated rings. The number of aliphatic hydroxyl groups is 1. The van der Waals surface area contributed by atoms with Crippen LogP contribution in [0.3, 0.4) is 0 Å². The first-order valence-corrected chi connectivity index (χ1v) is 14.2. The predicted molar refractivity (Wildman–Crippen MR) is 153 cm³/mol. The number of nitrogen functional groups attached to an aromatic ring is 1. The van der Waals surface area contributed by atoms with Gasteiger partial charge in [-0.15, -0.1) is 10.2 Å². The lowest BCUT2D eigenvalue weighted by atomic mass is 9.98. The largest absolute Gasteiger partial charge is 0.416 e. The minimum Gasteiger partial charge on any atom is -0.416 e. The monoisotopic (exact) mass is 574 g/mol. The fraction of sp³-hybridized carbons (Fsp3) is 0.556. The SMILES string of the molecule is CCC1CN(c2nc(N)c(-c3nnc(C(C)(C)O)o3)nc2Cl)CCN1C1CCN(Cc2ccc(Cl)cc2)CC1.